The Labute approximate surface area is 127 Å². The summed E-state index contributed by atoms with van der Waals surface area (Å²) < 4.78 is 14.0. The molecule has 0 spiro atoms. The van der Waals surface area contributed by atoms with Crippen LogP contribution in [0.2, 0.25) is 0 Å². The van der Waals surface area contributed by atoms with Crippen LogP contribution < -0.4 is 10.9 Å². The maximum atomic E-state index is 14.0. The highest BCUT2D eigenvalue weighted by atomic mass is 32.2. The quantitative estimate of drug-likeness (QED) is 0.636. The second kappa shape index (κ2) is 7.38. The Balaban J connectivity index is 2.26. The summed E-state index contributed by atoms with van der Waals surface area (Å²) in [5.41, 5.74) is 1.04. The van der Waals surface area contributed by atoms with Crippen LogP contribution in [0, 0.1) is 12.7 Å². The standard InChI is InChI=1S/C15H18FN3OS/c1-3-7-17-9-11-12(16)5-4-6-13(11)21-15-18-10(2)8-14(20)19-15/h4-6,8,17H,3,7,9H2,1-2H3,(H,18,19,20). The van der Waals surface area contributed by atoms with E-state index in [4.69, 9.17) is 0 Å². The van der Waals surface area contributed by atoms with Gasteiger partial charge in [-0.15, -0.1) is 0 Å². The molecule has 0 fully saturated rings. The van der Waals surface area contributed by atoms with E-state index in [9.17, 15) is 9.18 Å². The Bertz CT molecular complexity index is 672. The molecular weight excluding hydrogens is 289 g/mol. The molecule has 0 saturated heterocycles. The van der Waals surface area contributed by atoms with Gasteiger partial charge in [0.15, 0.2) is 5.16 Å². The van der Waals surface area contributed by atoms with Gasteiger partial charge in [-0.3, -0.25) is 4.79 Å². The van der Waals surface area contributed by atoms with Crippen molar-refractivity contribution in [2.75, 3.05) is 6.54 Å². The van der Waals surface area contributed by atoms with Gasteiger partial charge in [-0.1, -0.05) is 24.8 Å². The van der Waals surface area contributed by atoms with Crippen molar-refractivity contribution in [1.29, 1.82) is 0 Å². The third-order valence-corrected chi connectivity index (χ3v) is 3.85. The molecule has 0 aliphatic rings. The van der Waals surface area contributed by atoms with Gasteiger partial charge in [0, 0.05) is 28.8 Å². The van der Waals surface area contributed by atoms with Gasteiger partial charge in [0.05, 0.1) is 0 Å². The minimum Gasteiger partial charge on any atom is -0.313 e. The maximum Gasteiger partial charge on any atom is 0.251 e. The summed E-state index contributed by atoms with van der Waals surface area (Å²) in [6, 6.07) is 6.37. The molecule has 1 aromatic carbocycles. The van der Waals surface area contributed by atoms with Gasteiger partial charge in [0.25, 0.3) is 5.56 Å². The van der Waals surface area contributed by atoms with E-state index >= 15 is 0 Å². The smallest absolute Gasteiger partial charge is 0.251 e. The minimum absolute atomic E-state index is 0.202. The van der Waals surface area contributed by atoms with Crippen LogP contribution in [-0.2, 0) is 6.54 Å². The van der Waals surface area contributed by atoms with E-state index in [0.29, 0.717) is 23.0 Å². The van der Waals surface area contributed by atoms with Crippen molar-refractivity contribution < 1.29 is 4.39 Å². The third-order valence-electron chi connectivity index (χ3n) is 2.86. The number of hydrogen-bond acceptors (Lipinski definition) is 4. The molecule has 0 amide bonds. The molecule has 1 heterocycles. The summed E-state index contributed by atoms with van der Waals surface area (Å²) in [5.74, 6) is -0.251. The molecule has 4 nitrogen and oxygen atoms in total. The first-order chi connectivity index (χ1) is 10.1. The summed E-state index contributed by atoms with van der Waals surface area (Å²) >= 11 is 1.27. The highest BCUT2D eigenvalue weighted by Gasteiger charge is 2.11. The number of hydrogen-bond donors (Lipinski definition) is 2. The molecular formula is C15H18FN3OS. The number of nitrogens with zero attached hydrogens (tertiary/aromatic N) is 1. The molecule has 1 aromatic heterocycles. The average Bonchev–Trinajstić information content (AvgIpc) is 2.41. The minimum atomic E-state index is -0.251. The number of aromatic nitrogens is 2. The van der Waals surface area contributed by atoms with Crippen molar-refractivity contribution in [1.82, 2.24) is 15.3 Å². The van der Waals surface area contributed by atoms with Crippen molar-refractivity contribution >= 4 is 11.8 Å². The zero-order valence-electron chi connectivity index (χ0n) is 12.1. The first kappa shape index (κ1) is 15.7. The van der Waals surface area contributed by atoms with Crippen molar-refractivity contribution in [3.8, 4) is 0 Å². The SMILES string of the molecule is CCCNCc1c(F)cccc1Sc1nc(C)cc(=O)[nH]1. The van der Waals surface area contributed by atoms with E-state index in [2.05, 4.69) is 22.2 Å². The first-order valence-corrected chi connectivity index (χ1v) is 7.65. The fourth-order valence-corrected chi connectivity index (χ4v) is 2.89. The average molecular weight is 307 g/mol. The first-order valence-electron chi connectivity index (χ1n) is 6.84. The molecule has 6 heteroatoms. The second-order valence-electron chi connectivity index (χ2n) is 4.69. The molecule has 2 aromatic rings. The summed E-state index contributed by atoms with van der Waals surface area (Å²) in [4.78, 5) is 19.2. The van der Waals surface area contributed by atoms with E-state index < -0.39 is 0 Å². The lowest BCUT2D eigenvalue weighted by atomic mass is 10.2. The fraction of sp³-hybridized carbons (Fsp3) is 0.333. The van der Waals surface area contributed by atoms with Crippen LogP contribution in [0.5, 0.6) is 0 Å². The van der Waals surface area contributed by atoms with Crippen LogP contribution in [0.25, 0.3) is 0 Å². The summed E-state index contributed by atoms with van der Waals surface area (Å²) in [6.07, 6.45) is 0.990. The molecule has 112 valence electrons. The van der Waals surface area contributed by atoms with Crippen molar-refractivity contribution in [3.63, 3.8) is 0 Å². The fourth-order valence-electron chi connectivity index (χ4n) is 1.90. The predicted molar refractivity (Wildman–Crippen MR) is 82.1 cm³/mol. The zero-order valence-corrected chi connectivity index (χ0v) is 12.9. The van der Waals surface area contributed by atoms with E-state index in [1.165, 1.54) is 23.9 Å². The maximum absolute atomic E-state index is 14.0. The third kappa shape index (κ3) is 4.41. The van der Waals surface area contributed by atoms with Crippen LogP contribution in [0.3, 0.4) is 0 Å². The van der Waals surface area contributed by atoms with Crippen LogP contribution in [0.4, 0.5) is 4.39 Å². The van der Waals surface area contributed by atoms with Crippen molar-refractivity contribution in [3.05, 3.63) is 51.7 Å². The Morgan fingerprint density at radius 1 is 1.43 bits per heavy atom. The number of aromatic amines is 1. The number of H-pyrrole nitrogens is 1. The molecule has 21 heavy (non-hydrogen) atoms. The second-order valence-corrected chi connectivity index (χ2v) is 5.72. The summed E-state index contributed by atoms with van der Waals surface area (Å²) in [5, 5.41) is 3.67. The van der Waals surface area contributed by atoms with Crippen LogP contribution >= 0.6 is 11.8 Å². The molecule has 0 atom stereocenters. The number of nitrogens with one attached hydrogen (secondary N) is 2. The van der Waals surface area contributed by atoms with Gasteiger partial charge in [0.2, 0.25) is 0 Å². The molecule has 0 bridgehead atoms. The molecule has 2 N–H and O–H groups in total. The Kier molecular flexibility index (Phi) is 5.52. The van der Waals surface area contributed by atoms with E-state index in [1.807, 2.05) is 6.07 Å². The largest absolute Gasteiger partial charge is 0.313 e. The van der Waals surface area contributed by atoms with E-state index in [1.54, 1.807) is 13.0 Å². The number of rotatable bonds is 6. The Morgan fingerprint density at radius 2 is 2.24 bits per heavy atom. The van der Waals surface area contributed by atoms with Gasteiger partial charge in [-0.2, -0.15) is 0 Å². The van der Waals surface area contributed by atoms with Gasteiger partial charge in [-0.25, -0.2) is 9.37 Å². The summed E-state index contributed by atoms with van der Waals surface area (Å²) in [7, 11) is 0. The lowest BCUT2D eigenvalue weighted by molar-refractivity contribution is 0.578. The van der Waals surface area contributed by atoms with E-state index in [-0.39, 0.29) is 11.4 Å². The number of benzene rings is 1. The molecule has 0 aliphatic carbocycles. The lowest BCUT2D eigenvalue weighted by Crippen LogP contribution is -2.15. The highest BCUT2D eigenvalue weighted by molar-refractivity contribution is 7.99. The molecule has 0 radical (unpaired) electrons. The Hall–Kier alpha value is -1.66. The van der Waals surface area contributed by atoms with Crippen LogP contribution in [0.15, 0.2) is 39.1 Å². The van der Waals surface area contributed by atoms with Crippen molar-refractivity contribution in [2.45, 2.75) is 36.9 Å². The Morgan fingerprint density at radius 3 is 2.95 bits per heavy atom. The molecule has 0 unspecified atom stereocenters. The van der Waals surface area contributed by atoms with Crippen LogP contribution in [0.1, 0.15) is 24.6 Å². The monoisotopic (exact) mass is 307 g/mol. The zero-order chi connectivity index (χ0) is 15.2. The van der Waals surface area contributed by atoms with Crippen molar-refractivity contribution in [2.24, 2.45) is 0 Å². The van der Waals surface area contributed by atoms with Gasteiger partial charge in [-0.05, 0) is 32.0 Å². The summed E-state index contributed by atoms with van der Waals surface area (Å²) in [6.45, 7) is 5.11. The highest BCUT2D eigenvalue weighted by Crippen LogP contribution is 2.29. The normalized spacial score (nSPS) is 10.8. The number of aryl methyl sites for hydroxylation is 1. The molecule has 0 saturated carbocycles. The molecule has 0 aliphatic heterocycles. The van der Waals surface area contributed by atoms with Gasteiger partial charge >= 0.3 is 0 Å². The lowest BCUT2D eigenvalue weighted by Gasteiger charge is -2.10. The predicted octanol–water partition coefficient (Wildman–Crippen LogP) is 2.87. The topological polar surface area (TPSA) is 57.8 Å². The number of halogens is 1. The van der Waals surface area contributed by atoms with Crippen LogP contribution in [-0.4, -0.2) is 16.5 Å². The van der Waals surface area contributed by atoms with Gasteiger partial charge < -0.3 is 10.3 Å². The van der Waals surface area contributed by atoms with E-state index in [0.717, 1.165) is 17.9 Å². The van der Waals surface area contributed by atoms with Gasteiger partial charge in [0.1, 0.15) is 5.82 Å². The molecule has 2 rings (SSSR count).